The summed E-state index contributed by atoms with van der Waals surface area (Å²) < 4.78 is 2.16. The Bertz CT molecular complexity index is 1380. The summed E-state index contributed by atoms with van der Waals surface area (Å²) in [5.74, 6) is 0. The van der Waals surface area contributed by atoms with Crippen LogP contribution in [0.3, 0.4) is 0 Å². The van der Waals surface area contributed by atoms with Crippen molar-refractivity contribution in [1.29, 1.82) is 0 Å². The van der Waals surface area contributed by atoms with E-state index in [0.29, 0.717) is 15.2 Å². The lowest BCUT2D eigenvalue weighted by atomic mass is 9.96. The van der Waals surface area contributed by atoms with Crippen LogP contribution in [0.1, 0.15) is 40.3 Å². The lowest BCUT2D eigenvalue weighted by Crippen LogP contribution is -2.29. The number of rotatable bonds is 4. The number of thiocarbonyl (C=S) groups is 1. The van der Waals surface area contributed by atoms with Crippen LogP contribution in [0.2, 0.25) is 10.0 Å². The molecule has 172 valence electrons. The minimum Gasteiger partial charge on any atom is -0.351 e. The van der Waals surface area contributed by atoms with Crippen LogP contribution < -0.4 is 10.2 Å². The summed E-state index contributed by atoms with van der Waals surface area (Å²) in [4.78, 5) is 6.87. The molecule has 1 aliphatic rings. The Morgan fingerprint density at radius 2 is 1.74 bits per heavy atom. The molecule has 5 rings (SSSR count). The summed E-state index contributed by atoms with van der Waals surface area (Å²) in [6.07, 6.45) is 1.82. The Kier molecular flexibility index (Phi) is 6.11. The third-order valence-corrected chi connectivity index (χ3v) is 7.46. The number of benzene rings is 2. The van der Waals surface area contributed by atoms with E-state index in [0.717, 1.165) is 34.0 Å². The molecule has 4 aromatic rings. The zero-order valence-electron chi connectivity index (χ0n) is 19.1. The Labute approximate surface area is 215 Å². The topological polar surface area (TPSA) is 33.1 Å². The first kappa shape index (κ1) is 22.9. The summed E-state index contributed by atoms with van der Waals surface area (Å²) in [7, 11) is 0. The van der Waals surface area contributed by atoms with Crippen LogP contribution in [0.15, 0.2) is 72.9 Å². The molecule has 0 saturated carbocycles. The molecule has 0 amide bonds. The first-order valence-corrected chi connectivity index (χ1v) is 12.2. The molecule has 0 unspecified atom stereocenters. The Balaban J connectivity index is 1.71. The Morgan fingerprint density at radius 3 is 2.47 bits per heavy atom. The van der Waals surface area contributed by atoms with Gasteiger partial charge in [0.15, 0.2) is 5.11 Å². The van der Waals surface area contributed by atoms with Gasteiger partial charge in [0.25, 0.3) is 0 Å². The fraction of sp³-hybridized carbons (Fsp3) is 0.185. The summed E-state index contributed by atoms with van der Waals surface area (Å²) in [6, 6.07) is 22.1. The van der Waals surface area contributed by atoms with Crippen molar-refractivity contribution in [2.24, 2.45) is 0 Å². The average Bonchev–Trinajstić information content (AvgIpc) is 3.32. The van der Waals surface area contributed by atoms with Crippen molar-refractivity contribution in [2.75, 3.05) is 4.90 Å². The number of anilines is 1. The fourth-order valence-corrected chi connectivity index (χ4v) is 5.58. The largest absolute Gasteiger partial charge is 0.351 e. The molecule has 1 N–H and O–H groups in total. The second-order valence-corrected chi connectivity index (χ2v) is 9.74. The van der Waals surface area contributed by atoms with Crippen LogP contribution in [-0.4, -0.2) is 14.7 Å². The maximum Gasteiger partial charge on any atom is 0.174 e. The van der Waals surface area contributed by atoms with Crippen molar-refractivity contribution in [1.82, 2.24) is 14.9 Å². The van der Waals surface area contributed by atoms with Crippen LogP contribution in [0.4, 0.5) is 5.69 Å². The van der Waals surface area contributed by atoms with Crippen LogP contribution in [0.5, 0.6) is 0 Å². The third-order valence-electron chi connectivity index (χ3n) is 6.34. The first-order chi connectivity index (χ1) is 16.4. The average molecular weight is 507 g/mol. The fourth-order valence-electron chi connectivity index (χ4n) is 4.85. The van der Waals surface area contributed by atoms with Gasteiger partial charge in [-0.2, -0.15) is 0 Å². The molecule has 4 nitrogen and oxygen atoms in total. The lowest BCUT2D eigenvalue weighted by Gasteiger charge is -2.28. The number of nitrogens with one attached hydrogen (secondary N) is 1. The van der Waals surface area contributed by atoms with Gasteiger partial charge in [-0.05, 0) is 86.6 Å². The van der Waals surface area contributed by atoms with Crippen LogP contribution in [0, 0.1) is 20.8 Å². The highest BCUT2D eigenvalue weighted by Crippen LogP contribution is 2.44. The monoisotopic (exact) mass is 506 g/mol. The van der Waals surface area contributed by atoms with Crippen molar-refractivity contribution in [2.45, 2.75) is 32.9 Å². The molecule has 7 heteroatoms. The zero-order valence-corrected chi connectivity index (χ0v) is 21.4. The third kappa shape index (κ3) is 3.88. The normalized spacial score (nSPS) is 17.8. The molecular formula is C27H24Cl2N4S. The predicted molar refractivity (Wildman–Crippen MR) is 144 cm³/mol. The molecule has 2 aromatic carbocycles. The molecular weight excluding hydrogens is 483 g/mol. The van der Waals surface area contributed by atoms with Crippen molar-refractivity contribution in [3.63, 3.8) is 0 Å². The smallest absolute Gasteiger partial charge is 0.174 e. The number of aromatic nitrogens is 2. The van der Waals surface area contributed by atoms with Crippen molar-refractivity contribution >= 4 is 46.2 Å². The summed E-state index contributed by atoms with van der Waals surface area (Å²) in [5, 5.41) is 5.29. The van der Waals surface area contributed by atoms with Gasteiger partial charge in [0, 0.05) is 23.3 Å². The maximum absolute atomic E-state index is 6.62. The molecule has 1 saturated heterocycles. The van der Waals surface area contributed by atoms with E-state index in [2.05, 4.69) is 70.9 Å². The van der Waals surface area contributed by atoms with Crippen molar-refractivity contribution in [3.05, 3.63) is 111 Å². The second-order valence-electron chi connectivity index (χ2n) is 8.57. The summed E-state index contributed by atoms with van der Waals surface area (Å²) in [5.41, 5.74) is 7.33. The van der Waals surface area contributed by atoms with E-state index in [1.165, 1.54) is 5.56 Å². The van der Waals surface area contributed by atoms with E-state index in [1.54, 1.807) is 6.07 Å². The van der Waals surface area contributed by atoms with Gasteiger partial charge in [-0.1, -0.05) is 47.5 Å². The minimum atomic E-state index is -0.113. The SMILES string of the molecule is Cc1cccc(N2C(=S)N[C@@H](c3ccccn3)[C@H]2c2cc(C)n(-c3cccc(Cl)c3Cl)c2C)c1. The van der Waals surface area contributed by atoms with E-state index in [4.69, 9.17) is 35.4 Å². The number of hydrogen-bond acceptors (Lipinski definition) is 2. The molecule has 1 fully saturated rings. The number of aryl methyl sites for hydroxylation is 2. The molecule has 2 atom stereocenters. The van der Waals surface area contributed by atoms with Crippen LogP contribution in [0.25, 0.3) is 5.69 Å². The zero-order chi connectivity index (χ0) is 24.0. The van der Waals surface area contributed by atoms with E-state index >= 15 is 0 Å². The molecule has 0 spiro atoms. The summed E-state index contributed by atoms with van der Waals surface area (Å²) >= 11 is 18.9. The highest BCUT2D eigenvalue weighted by molar-refractivity contribution is 7.80. The second kappa shape index (κ2) is 9.06. The highest BCUT2D eigenvalue weighted by atomic mass is 35.5. The predicted octanol–water partition coefficient (Wildman–Crippen LogP) is 7.28. The molecule has 1 aliphatic heterocycles. The molecule has 0 bridgehead atoms. The first-order valence-electron chi connectivity index (χ1n) is 11.1. The van der Waals surface area contributed by atoms with Gasteiger partial charge in [0.2, 0.25) is 0 Å². The van der Waals surface area contributed by atoms with Gasteiger partial charge in [-0.25, -0.2) is 0 Å². The van der Waals surface area contributed by atoms with Gasteiger partial charge in [-0.3, -0.25) is 4.98 Å². The van der Waals surface area contributed by atoms with Crippen LogP contribution in [-0.2, 0) is 0 Å². The lowest BCUT2D eigenvalue weighted by molar-refractivity contribution is 0.565. The van der Waals surface area contributed by atoms with E-state index in [1.807, 2.05) is 36.5 Å². The Hall–Kier alpha value is -2.86. The molecule has 0 radical (unpaired) electrons. The van der Waals surface area contributed by atoms with Crippen molar-refractivity contribution < 1.29 is 0 Å². The van der Waals surface area contributed by atoms with Gasteiger partial charge in [0.05, 0.1) is 33.5 Å². The quantitative estimate of drug-likeness (QED) is 0.294. The van der Waals surface area contributed by atoms with Gasteiger partial charge in [-0.15, -0.1) is 0 Å². The van der Waals surface area contributed by atoms with E-state index < -0.39 is 0 Å². The number of hydrogen-bond donors (Lipinski definition) is 1. The highest BCUT2D eigenvalue weighted by Gasteiger charge is 2.42. The molecule has 3 heterocycles. The van der Waals surface area contributed by atoms with Crippen LogP contribution >= 0.6 is 35.4 Å². The molecule has 2 aromatic heterocycles. The molecule has 34 heavy (non-hydrogen) atoms. The van der Waals surface area contributed by atoms with Gasteiger partial charge < -0.3 is 14.8 Å². The number of pyridine rings is 1. The minimum absolute atomic E-state index is 0.0953. The maximum atomic E-state index is 6.62. The molecule has 0 aliphatic carbocycles. The summed E-state index contributed by atoms with van der Waals surface area (Å²) in [6.45, 7) is 6.29. The van der Waals surface area contributed by atoms with Crippen molar-refractivity contribution in [3.8, 4) is 5.69 Å². The standard InChI is InChI=1S/C27H24Cl2N4S/c1-16-8-6-9-19(14-16)33-26(25(31-27(33)34)22-11-4-5-13-30-22)20-15-17(2)32(18(20)3)23-12-7-10-21(28)24(23)29/h4-15,25-26H,1-3H3,(H,31,34)/t25-,26+/m0/s1. The van der Waals surface area contributed by atoms with E-state index in [9.17, 15) is 0 Å². The number of nitrogens with zero attached hydrogens (tertiary/aromatic N) is 3. The number of halogens is 2. The van der Waals surface area contributed by atoms with E-state index in [-0.39, 0.29) is 12.1 Å². The Morgan fingerprint density at radius 1 is 0.941 bits per heavy atom. The van der Waals surface area contributed by atoms with Gasteiger partial charge in [0.1, 0.15) is 0 Å². The van der Waals surface area contributed by atoms with Gasteiger partial charge >= 0.3 is 0 Å².